The number of carboxylic acids is 2. The molecule has 1 aliphatic rings. The molecule has 0 aromatic rings. The molecule has 204 valence electrons. The van der Waals surface area contributed by atoms with Gasteiger partial charge in [-0.25, -0.2) is 4.79 Å². The van der Waals surface area contributed by atoms with Gasteiger partial charge in [-0.15, -0.1) is 0 Å². The number of nitrogens with two attached hydrogens (primary N) is 4. The molecule has 0 saturated carbocycles. The summed E-state index contributed by atoms with van der Waals surface area (Å²) in [7, 11) is 0. The van der Waals surface area contributed by atoms with E-state index >= 15 is 0 Å². The molecule has 0 aliphatic carbocycles. The van der Waals surface area contributed by atoms with Crippen molar-refractivity contribution in [3.8, 4) is 0 Å². The van der Waals surface area contributed by atoms with E-state index in [1.54, 1.807) is 0 Å². The quantitative estimate of drug-likeness (QED) is 0.0584. The Hall–Kier alpha value is -3.46. The number of guanidine groups is 1. The maximum absolute atomic E-state index is 13.4. The van der Waals surface area contributed by atoms with Gasteiger partial charge in [0.15, 0.2) is 5.96 Å². The highest BCUT2D eigenvalue weighted by Crippen LogP contribution is 2.20. The number of unbranched alkanes of at least 4 members (excludes halogenated alkanes) is 1. The molecule has 1 fully saturated rings. The summed E-state index contributed by atoms with van der Waals surface area (Å²) in [4.78, 5) is 66.3. The molecule has 0 spiro atoms. The molecular weight excluding hydrogens is 476 g/mol. The summed E-state index contributed by atoms with van der Waals surface area (Å²) in [5, 5.41) is 23.3. The van der Waals surface area contributed by atoms with E-state index in [0.29, 0.717) is 38.6 Å². The average molecular weight is 515 g/mol. The van der Waals surface area contributed by atoms with E-state index in [2.05, 4.69) is 15.6 Å². The molecule has 0 bridgehead atoms. The molecule has 0 aromatic heterocycles. The standard InChI is InChI=1S/C21H38N8O7/c22-8-2-1-5-14(20(35)36)28-18(33)15-7-4-10-29(15)19(34)13(6-3-9-26-21(24)25)27-17(32)12(23)11-16(30)31/h12-15H,1-11,22-23H2,(H,27,32)(H,28,33)(H,30,31)(H,35,36)(H4,24,25,26). The van der Waals surface area contributed by atoms with Gasteiger partial charge in [0, 0.05) is 13.1 Å². The summed E-state index contributed by atoms with van der Waals surface area (Å²) in [6, 6.07) is -4.53. The molecule has 1 aliphatic heterocycles. The van der Waals surface area contributed by atoms with Gasteiger partial charge in [0.1, 0.15) is 18.1 Å². The van der Waals surface area contributed by atoms with Crippen LogP contribution in [-0.4, -0.2) is 94.5 Å². The molecule has 1 rings (SSSR count). The molecule has 15 heteroatoms. The van der Waals surface area contributed by atoms with Crippen molar-refractivity contribution in [2.45, 2.75) is 75.5 Å². The number of carboxylic acid groups (broad SMARTS) is 2. The third-order valence-electron chi connectivity index (χ3n) is 5.69. The molecular formula is C21H38N8O7. The molecule has 1 saturated heterocycles. The van der Waals surface area contributed by atoms with Crippen LogP contribution in [0.25, 0.3) is 0 Å². The monoisotopic (exact) mass is 514 g/mol. The number of aliphatic carboxylic acids is 2. The zero-order chi connectivity index (χ0) is 27.3. The molecule has 15 nitrogen and oxygen atoms in total. The first-order chi connectivity index (χ1) is 17.0. The largest absolute Gasteiger partial charge is 0.481 e. The molecule has 0 radical (unpaired) electrons. The van der Waals surface area contributed by atoms with Gasteiger partial charge in [-0.2, -0.15) is 0 Å². The smallest absolute Gasteiger partial charge is 0.326 e. The van der Waals surface area contributed by atoms with Gasteiger partial charge >= 0.3 is 11.9 Å². The number of hydrogen-bond acceptors (Lipinski definition) is 8. The van der Waals surface area contributed by atoms with Crippen LogP contribution < -0.4 is 33.6 Å². The fourth-order valence-corrected chi connectivity index (χ4v) is 3.84. The summed E-state index contributed by atoms with van der Waals surface area (Å²) < 4.78 is 0. The first-order valence-electron chi connectivity index (χ1n) is 11.8. The normalized spacial score (nSPS) is 17.5. The predicted octanol–water partition coefficient (Wildman–Crippen LogP) is -2.98. The topological polar surface area (TPSA) is 270 Å². The number of amides is 3. The van der Waals surface area contributed by atoms with Gasteiger partial charge in [0.2, 0.25) is 17.7 Å². The maximum Gasteiger partial charge on any atom is 0.326 e. The number of carbonyl (C=O) groups excluding carboxylic acids is 3. The zero-order valence-corrected chi connectivity index (χ0v) is 20.2. The van der Waals surface area contributed by atoms with Crippen LogP contribution in [0.3, 0.4) is 0 Å². The Morgan fingerprint density at radius 1 is 1.00 bits per heavy atom. The summed E-state index contributed by atoms with van der Waals surface area (Å²) in [6.07, 6.45) is 1.92. The SMILES string of the molecule is NCCCCC(NC(=O)C1CCCN1C(=O)C(CCCN=C(N)N)NC(=O)C(N)CC(=O)O)C(=O)O. The Bertz CT molecular complexity index is 818. The van der Waals surface area contributed by atoms with Gasteiger partial charge in [-0.05, 0) is 51.5 Å². The molecule has 0 aromatic carbocycles. The van der Waals surface area contributed by atoms with Crippen LogP contribution in [0, 0.1) is 0 Å². The van der Waals surface area contributed by atoms with Gasteiger partial charge in [-0.1, -0.05) is 0 Å². The summed E-state index contributed by atoms with van der Waals surface area (Å²) in [5.41, 5.74) is 21.7. The minimum atomic E-state index is -1.38. The number of nitrogens with one attached hydrogen (secondary N) is 2. The third-order valence-corrected chi connectivity index (χ3v) is 5.69. The molecule has 1 heterocycles. The van der Waals surface area contributed by atoms with Crippen molar-refractivity contribution in [3.63, 3.8) is 0 Å². The average Bonchev–Trinajstić information content (AvgIpc) is 3.29. The van der Waals surface area contributed by atoms with Crippen molar-refractivity contribution in [2.24, 2.45) is 27.9 Å². The first-order valence-corrected chi connectivity index (χ1v) is 11.8. The van der Waals surface area contributed by atoms with Crippen LogP contribution in [-0.2, 0) is 24.0 Å². The van der Waals surface area contributed by atoms with E-state index in [4.69, 9.17) is 28.0 Å². The number of hydrogen-bond donors (Lipinski definition) is 8. The number of nitrogens with zero attached hydrogens (tertiary/aromatic N) is 2. The Morgan fingerprint density at radius 3 is 2.25 bits per heavy atom. The fraction of sp³-hybridized carbons (Fsp3) is 0.714. The number of carbonyl (C=O) groups is 5. The van der Waals surface area contributed by atoms with Crippen LogP contribution in [0.1, 0.15) is 51.4 Å². The van der Waals surface area contributed by atoms with Crippen molar-refractivity contribution in [1.29, 1.82) is 0 Å². The maximum atomic E-state index is 13.4. The van der Waals surface area contributed by atoms with Crippen LogP contribution in [0.5, 0.6) is 0 Å². The fourth-order valence-electron chi connectivity index (χ4n) is 3.84. The summed E-state index contributed by atoms with van der Waals surface area (Å²) in [6.45, 7) is 0.803. The second-order valence-electron chi connectivity index (χ2n) is 8.59. The van der Waals surface area contributed by atoms with E-state index in [0.717, 1.165) is 0 Å². The Kier molecular flexibility index (Phi) is 13.2. The highest BCUT2D eigenvalue weighted by Gasteiger charge is 2.39. The van der Waals surface area contributed by atoms with E-state index in [1.165, 1.54) is 4.90 Å². The zero-order valence-electron chi connectivity index (χ0n) is 20.2. The summed E-state index contributed by atoms with van der Waals surface area (Å²) >= 11 is 0. The van der Waals surface area contributed by atoms with Crippen molar-refractivity contribution in [3.05, 3.63) is 0 Å². The van der Waals surface area contributed by atoms with Crippen LogP contribution in [0.4, 0.5) is 0 Å². The molecule has 12 N–H and O–H groups in total. The number of rotatable bonds is 16. The second kappa shape index (κ2) is 15.5. The van der Waals surface area contributed by atoms with Gasteiger partial charge in [0.05, 0.1) is 12.5 Å². The van der Waals surface area contributed by atoms with E-state index in [9.17, 15) is 29.1 Å². The second-order valence-corrected chi connectivity index (χ2v) is 8.59. The van der Waals surface area contributed by atoms with E-state index in [-0.39, 0.29) is 31.9 Å². The van der Waals surface area contributed by atoms with Crippen LogP contribution in [0.2, 0.25) is 0 Å². The lowest BCUT2D eigenvalue weighted by Gasteiger charge is -2.30. The van der Waals surface area contributed by atoms with Crippen molar-refractivity contribution < 1.29 is 34.2 Å². The lowest BCUT2D eigenvalue weighted by Crippen LogP contribution is -2.57. The minimum absolute atomic E-state index is 0.100. The first kappa shape index (κ1) is 30.6. The lowest BCUT2D eigenvalue weighted by atomic mass is 10.1. The van der Waals surface area contributed by atoms with Crippen molar-refractivity contribution >= 4 is 35.6 Å². The molecule has 4 unspecified atom stereocenters. The van der Waals surface area contributed by atoms with Gasteiger partial charge in [0.25, 0.3) is 0 Å². The molecule has 4 atom stereocenters. The number of aliphatic imine (C=N–C) groups is 1. The van der Waals surface area contributed by atoms with Gasteiger partial charge < -0.3 is 48.7 Å². The van der Waals surface area contributed by atoms with Crippen LogP contribution in [0.15, 0.2) is 4.99 Å². The van der Waals surface area contributed by atoms with E-state index in [1.807, 2.05) is 0 Å². The van der Waals surface area contributed by atoms with E-state index < -0.39 is 60.2 Å². The Morgan fingerprint density at radius 2 is 1.67 bits per heavy atom. The predicted molar refractivity (Wildman–Crippen MR) is 129 cm³/mol. The Labute approximate surface area is 209 Å². The van der Waals surface area contributed by atoms with Crippen molar-refractivity contribution in [2.75, 3.05) is 19.6 Å². The van der Waals surface area contributed by atoms with Crippen LogP contribution >= 0.6 is 0 Å². The molecule has 36 heavy (non-hydrogen) atoms. The third kappa shape index (κ3) is 10.4. The van der Waals surface area contributed by atoms with Gasteiger partial charge in [-0.3, -0.25) is 24.2 Å². The highest BCUT2D eigenvalue weighted by atomic mass is 16.4. The lowest BCUT2D eigenvalue weighted by molar-refractivity contribution is -0.145. The Balaban J connectivity index is 2.96. The minimum Gasteiger partial charge on any atom is -0.481 e. The number of likely N-dealkylation sites (tertiary alicyclic amines) is 1. The molecule has 3 amide bonds. The highest BCUT2D eigenvalue weighted by molar-refractivity contribution is 5.95. The summed E-state index contributed by atoms with van der Waals surface area (Å²) in [5.74, 6) is -4.60. The van der Waals surface area contributed by atoms with Crippen molar-refractivity contribution in [1.82, 2.24) is 15.5 Å².